The molecule has 1 fully saturated rings. The minimum absolute atomic E-state index is 0.128. The van der Waals surface area contributed by atoms with Gasteiger partial charge in [-0.1, -0.05) is 0 Å². The van der Waals surface area contributed by atoms with Crippen molar-refractivity contribution in [3.05, 3.63) is 40.7 Å². The summed E-state index contributed by atoms with van der Waals surface area (Å²) in [5.74, 6) is -1.57. The monoisotopic (exact) mass is 413 g/mol. The van der Waals surface area contributed by atoms with Crippen LogP contribution in [0.5, 0.6) is 0 Å². The molecule has 2 unspecified atom stereocenters. The summed E-state index contributed by atoms with van der Waals surface area (Å²) in [7, 11) is 0. The summed E-state index contributed by atoms with van der Waals surface area (Å²) in [6, 6.07) is 0.767. The Morgan fingerprint density at radius 3 is 2.72 bits per heavy atom. The molecule has 0 radical (unpaired) electrons. The van der Waals surface area contributed by atoms with E-state index in [2.05, 4.69) is 9.97 Å². The number of anilines is 3. The van der Waals surface area contributed by atoms with E-state index in [0.29, 0.717) is 13.2 Å². The zero-order valence-electron chi connectivity index (χ0n) is 15.6. The number of aromatic nitrogens is 3. The molecule has 1 saturated heterocycles. The lowest BCUT2D eigenvalue weighted by molar-refractivity contribution is -0.150. The number of nitrogens with zero attached hydrogens (tertiary/aromatic N) is 5. The number of ether oxygens (including phenoxy) is 1. The van der Waals surface area contributed by atoms with Crippen molar-refractivity contribution in [3.8, 4) is 0 Å². The Hall–Kier alpha value is -2.69. The fourth-order valence-electron chi connectivity index (χ4n) is 3.75. The molecule has 0 spiro atoms. The first kappa shape index (κ1) is 19.6. The van der Waals surface area contributed by atoms with Crippen LogP contribution in [0, 0.1) is 5.82 Å². The Labute approximate surface area is 163 Å². The first-order chi connectivity index (χ1) is 13.8. The Kier molecular flexibility index (Phi) is 4.93. The first-order valence-corrected chi connectivity index (χ1v) is 9.19. The molecule has 4 heterocycles. The Morgan fingerprint density at radius 1 is 1.28 bits per heavy atom. The molecule has 2 aliphatic rings. The van der Waals surface area contributed by atoms with E-state index in [0.717, 1.165) is 9.47 Å². The van der Waals surface area contributed by atoms with Crippen molar-refractivity contribution in [2.45, 2.75) is 38.1 Å². The zero-order valence-corrected chi connectivity index (χ0v) is 15.6. The number of pyridine rings is 1. The summed E-state index contributed by atoms with van der Waals surface area (Å²) in [6.07, 6.45) is -2.28. The summed E-state index contributed by atoms with van der Waals surface area (Å²) in [6.45, 7) is 2.38. The predicted octanol–water partition coefficient (Wildman–Crippen LogP) is 2.48. The Balaban J connectivity index is 1.91. The van der Waals surface area contributed by atoms with Gasteiger partial charge in [-0.15, -0.1) is 0 Å². The molecule has 4 rings (SSSR count). The number of halogens is 4. The van der Waals surface area contributed by atoms with Crippen molar-refractivity contribution in [1.82, 2.24) is 14.5 Å². The normalized spacial score (nSPS) is 22.5. The highest BCUT2D eigenvalue weighted by atomic mass is 19.4. The molecule has 0 aliphatic carbocycles. The van der Waals surface area contributed by atoms with E-state index >= 15 is 0 Å². The van der Waals surface area contributed by atoms with Gasteiger partial charge in [0.05, 0.1) is 31.1 Å². The van der Waals surface area contributed by atoms with Crippen molar-refractivity contribution in [1.29, 1.82) is 0 Å². The second kappa shape index (κ2) is 7.29. The Bertz CT molecular complexity index is 950. The molecule has 0 N–H and O–H groups in total. The van der Waals surface area contributed by atoms with Crippen LogP contribution in [0.1, 0.15) is 13.3 Å². The highest BCUT2D eigenvalue weighted by Crippen LogP contribution is 2.39. The molecule has 0 bridgehead atoms. The average Bonchev–Trinajstić information content (AvgIpc) is 2.70. The summed E-state index contributed by atoms with van der Waals surface area (Å²) < 4.78 is 62.5. The fraction of sp³-hybridized carbons (Fsp3) is 0.500. The number of alkyl halides is 3. The zero-order chi connectivity index (χ0) is 20.8. The van der Waals surface area contributed by atoms with Crippen LogP contribution in [0.25, 0.3) is 0 Å². The summed E-state index contributed by atoms with van der Waals surface area (Å²) in [5.41, 5.74) is -0.860. The van der Waals surface area contributed by atoms with E-state index in [1.807, 2.05) is 0 Å². The van der Waals surface area contributed by atoms with Crippen LogP contribution >= 0.6 is 0 Å². The van der Waals surface area contributed by atoms with Gasteiger partial charge in [-0.05, 0) is 25.5 Å². The number of hydrogen-bond acceptors (Lipinski definition) is 6. The smallest absolute Gasteiger partial charge is 0.377 e. The van der Waals surface area contributed by atoms with Crippen LogP contribution in [0.4, 0.5) is 35.0 Å². The maximum atomic E-state index is 14.9. The van der Waals surface area contributed by atoms with Gasteiger partial charge in [0.1, 0.15) is 6.04 Å². The van der Waals surface area contributed by atoms with Gasteiger partial charge >= 0.3 is 6.18 Å². The minimum Gasteiger partial charge on any atom is -0.377 e. The van der Waals surface area contributed by atoms with Gasteiger partial charge < -0.3 is 9.64 Å². The fourth-order valence-corrected chi connectivity index (χ4v) is 3.75. The van der Waals surface area contributed by atoms with E-state index in [1.165, 1.54) is 24.5 Å². The summed E-state index contributed by atoms with van der Waals surface area (Å²) >= 11 is 0. The van der Waals surface area contributed by atoms with Gasteiger partial charge in [-0.25, -0.2) is 0 Å². The van der Waals surface area contributed by atoms with E-state index in [1.54, 1.807) is 11.8 Å². The van der Waals surface area contributed by atoms with E-state index < -0.39 is 30.0 Å². The average molecular weight is 413 g/mol. The number of rotatable bonds is 2. The first-order valence-electron chi connectivity index (χ1n) is 9.19. The van der Waals surface area contributed by atoms with Gasteiger partial charge in [-0.2, -0.15) is 22.5 Å². The summed E-state index contributed by atoms with van der Waals surface area (Å²) in [4.78, 5) is 23.3. The van der Waals surface area contributed by atoms with Gasteiger partial charge in [0.25, 0.3) is 5.56 Å². The second-order valence-electron chi connectivity index (χ2n) is 7.05. The maximum Gasteiger partial charge on any atom is 0.409 e. The van der Waals surface area contributed by atoms with E-state index in [9.17, 15) is 22.4 Å². The van der Waals surface area contributed by atoms with Crippen LogP contribution in [0.15, 0.2) is 29.3 Å². The second-order valence-corrected chi connectivity index (χ2v) is 7.05. The molecule has 156 valence electrons. The minimum atomic E-state index is -4.57. The van der Waals surface area contributed by atoms with Crippen molar-refractivity contribution in [2.75, 3.05) is 29.6 Å². The lowest BCUT2D eigenvalue weighted by Gasteiger charge is -2.40. The molecular formula is C18H19F4N5O2. The van der Waals surface area contributed by atoms with Crippen molar-refractivity contribution in [3.63, 3.8) is 0 Å². The number of fused-ring (bicyclic) bond motifs is 1. The van der Waals surface area contributed by atoms with Crippen LogP contribution in [-0.2, 0) is 11.3 Å². The van der Waals surface area contributed by atoms with Gasteiger partial charge in [0, 0.05) is 19.3 Å². The van der Waals surface area contributed by atoms with Crippen molar-refractivity contribution in [2.24, 2.45) is 0 Å². The third kappa shape index (κ3) is 3.43. The molecule has 2 aromatic heterocycles. The quantitative estimate of drug-likeness (QED) is 0.705. The third-order valence-corrected chi connectivity index (χ3v) is 5.17. The highest BCUT2D eigenvalue weighted by molar-refractivity contribution is 5.61. The van der Waals surface area contributed by atoms with Gasteiger partial charge in [-0.3, -0.25) is 19.2 Å². The molecule has 7 nitrogen and oxygen atoms in total. The molecule has 2 atom stereocenters. The molecular weight excluding hydrogens is 394 g/mol. The van der Waals surface area contributed by atoms with Gasteiger partial charge in [0.15, 0.2) is 5.82 Å². The van der Waals surface area contributed by atoms with Gasteiger partial charge in [0.2, 0.25) is 11.8 Å². The molecule has 11 heteroatoms. The molecule has 0 amide bonds. The molecule has 2 aromatic rings. The largest absolute Gasteiger partial charge is 0.409 e. The van der Waals surface area contributed by atoms with Crippen molar-refractivity contribution >= 4 is 17.5 Å². The van der Waals surface area contributed by atoms with Crippen LogP contribution in [0.2, 0.25) is 0 Å². The lowest BCUT2D eigenvalue weighted by Crippen LogP contribution is -2.51. The molecule has 0 saturated carbocycles. The van der Waals surface area contributed by atoms with Crippen LogP contribution < -0.4 is 15.4 Å². The number of hydrogen-bond donors (Lipinski definition) is 0. The maximum absolute atomic E-state index is 14.9. The molecule has 29 heavy (non-hydrogen) atoms. The molecule has 2 aliphatic heterocycles. The van der Waals surface area contributed by atoms with Crippen molar-refractivity contribution < 1.29 is 22.3 Å². The lowest BCUT2D eigenvalue weighted by atomic mass is 10.1. The highest BCUT2D eigenvalue weighted by Gasteiger charge is 2.48. The summed E-state index contributed by atoms with van der Waals surface area (Å²) in [5, 5.41) is 0. The predicted molar refractivity (Wildman–Crippen MR) is 96.9 cm³/mol. The number of morpholine rings is 1. The molecule has 0 aromatic carbocycles. The standard InChI is InChI=1S/C18H19F4N5O2/c1-11-10-29-8-7-25(11)15-14(19)16(28)26-6-4-13(18(20,21)22)27(17(26)24-15)12-3-2-5-23-9-12/h2-3,5,9,11,13H,4,6-8,10H2,1H3. The Morgan fingerprint density at radius 2 is 2.07 bits per heavy atom. The topological polar surface area (TPSA) is 63.5 Å². The SMILES string of the molecule is CC1COCCN1c1nc2n(c(=O)c1F)CCC(C(F)(F)F)N2c1cccnc1. The van der Waals surface area contributed by atoms with E-state index in [4.69, 9.17) is 4.74 Å². The van der Waals surface area contributed by atoms with E-state index in [-0.39, 0.29) is 36.6 Å². The van der Waals surface area contributed by atoms with Crippen LogP contribution in [-0.4, -0.2) is 52.6 Å². The third-order valence-electron chi connectivity index (χ3n) is 5.17. The van der Waals surface area contributed by atoms with Crippen LogP contribution in [0.3, 0.4) is 0 Å².